The number of fused-ring (bicyclic) bond motifs is 1. The minimum absolute atomic E-state index is 0.0612. The van der Waals surface area contributed by atoms with E-state index in [1.165, 1.54) is 18.2 Å². The number of rotatable bonds is 14. The van der Waals surface area contributed by atoms with Gasteiger partial charge in [-0.25, -0.2) is 8.42 Å². The Balaban J connectivity index is 1.29. The highest BCUT2D eigenvalue weighted by Crippen LogP contribution is 2.43. The fraction of sp³-hybridized carbons (Fsp3) is 0.324. The first-order valence-corrected chi connectivity index (χ1v) is 16.7. The number of sulfonamides is 1. The Labute approximate surface area is 275 Å². The molecular weight excluding hydrogens is 651 g/mol. The van der Waals surface area contributed by atoms with Gasteiger partial charge in [-0.1, -0.05) is 74.5 Å². The molecule has 1 amide bonds. The summed E-state index contributed by atoms with van der Waals surface area (Å²) >= 11 is 0. The highest BCUT2D eigenvalue weighted by Gasteiger charge is 2.49. The van der Waals surface area contributed by atoms with Crippen molar-refractivity contribution in [2.24, 2.45) is 0 Å². The van der Waals surface area contributed by atoms with E-state index in [-0.39, 0.29) is 53.3 Å². The molecule has 1 unspecified atom stereocenters. The number of hydrogen-bond donors (Lipinski definition) is 1. The zero-order valence-corrected chi connectivity index (χ0v) is 27.0. The third kappa shape index (κ3) is 7.81. The number of aromatic nitrogens is 2. The van der Waals surface area contributed by atoms with Gasteiger partial charge in [-0.2, -0.15) is 17.5 Å². The van der Waals surface area contributed by atoms with E-state index in [1.807, 2.05) is 35.4 Å². The molecule has 1 aliphatic heterocycles. The number of benzene rings is 3. The average molecular weight is 686 g/mol. The smallest absolute Gasteiger partial charge is 0.432 e. The van der Waals surface area contributed by atoms with Crippen LogP contribution in [0.25, 0.3) is 0 Å². The predicted molar refractivity (Wildman–Crippen MR) is 167 cm³/mol. The van der Waals surface area contributed by atoms with Crippen LogP contribution in [0, 0.1) is 0 Å². The van der Waals surface area contributed by atoms with Crippen LogP contribution in [0.1, 0.15) is 84.4 Å². The lowest BCUT2D eigenvalue weighted by atomic mass is 9.96. The molecule has 1 N–H and O–H groups in total. The van der Waals surface area contributed by atoms with Crippen molar-refractivity contribution in [1.82, 2.24) is 14.5 Å². The Kier molecular flexibility index (Phi) is 10.4. The van der Waals surface area contributed by atoms with E-state index in [0.717, 1.165) is 5.56 Å². The lowest BCUT2D eigenvalue weighted by Gasteiger charge is -2.26. The molecule has 0 aliphatic carbocycles. The zero-order chi connectivity index (χ0) is 34.5. The van der Waals surface area contributed by atoms with Crippen LogP contribution >= 0.6 is 0 Å². The third-order valence-electron chi connectivity index (χ3n) is 7.61. The Morgan fingerprint density at radius 2 is 1.65 bits per heavy atom. The maximum atomic E-state index is 14.0. The second kappa shape index (κ2) is 14.5. The number of carbonyl (C=O) groups is 2. The highest BCUT2D eigenvalue weighted by atomic mass is 32.2. The summed E-state index contributed by atoms with van der Waals surface area (Å²) < 4.78 is 85.2. The summed E-state index contributed by atoms with van der Waals surface area (Å²) in [5, 5.41) is 5.37. The lowest BCUT2D eigenvalue weighted by molar-refractivity contribution is -0.145. The summed E-state index contributed by atoms with van der Waals surface area (Å²) in [4.78, 5) is 25.7. The van der Waals surface area contributed by atoms with E-state index in [2.05, 4.69) is 5.10 Å². The van der Waals surface area contributed by atoms with Gasteiger partial charge in [0.05, 0.1) is 12.2 Å². The van der Waals surface area contributed by atoms with Crippen molar-refractivity contribution in [3.05, 3.63) is 107 Å². The number of alkyl halides is 3. The Morgan fingerprint density at radius 3 is 2.29 bits per heavy atom. The minimum Gasteiger partial charge on any atom is -0.494 e. The summed E-state index contributed by atoms with van der Waals surface area (Å²) in [7, 11) is -4.57. The first kappa shape index (κ1) is 34.5. The van der Waals surface area contributed by atoms with Crippen molar-refractivity contribution < 1.29 is 45.4 Å². The molecular formula is C34H34F3N3O7S. The number of esters is 1. The molecule has 0 fully saturated rings. The zero-order valence-electron chi connectivity index (χ0n) is 26.2. The summed E-state index contributed by atoms with van der Waals surface area (Å²) in [5.41, 5.74) is 0.265. The van der Waals surface area contributed by atoms with Crippen molar-refractivity contribution in [3.8, 4) is 11.6 Å². The number of unbranched alkanes of at least 4 members (excludes halogenated alkanes) is 2. The van der Waals surface area contributed by atoms with Crippen LogP contribution in [0.15, 0.2) is 83.8 Å². The molecule has 1 aliphatic rings. The van der Waals surface area contributed by atoms with E-state index in [9.17, 15) is 31.2 Å². The van der Waals surface area contributed by atoms with Crippen LogP contribution in [-0.4, -0.2) is 41.4 Å². The van der Waals surface area contributed by atoms with Gasteiger partial charge in [0, 0.05) is 24.1 Å². The van der Waals surface area contributed by atoms with Gasteiger partial charge in [0.15, 0.2) is 0 Å². The van der Waals surface area contributed by atoms with Gasteiger partial charge < -0.3 is 14.2 Å². The van der Waals surface area contributed by atoms with Gasteiger partial charge in [-0.05, 0) is 42.4 Å². The van der Waals surface area contributed by atoms with Crippen LogP contribution in [0.4, 0.5) is 13.2 Å². The third-order valence-corrected chi connectivity index (χ3v) is 9.36. The normalized spacial score (nSPS) is 14.5. The quantitative estimate of drug-likeness (QED) is 0.109. The minimum atomic E-state index is -4.75. The number of H-pyrrole nitrogens is 1. The van der Waals surface area contributed by atoms with Crippen molar-refractivity contribution in [1.29, 1.82) is 0 Å². The van der Waals surface area contributed by atoms with Gasteiger partial charge in [0.25, 0.3) is 15.9 Å². The van der Waals surface area contributed by atoms with Gasteiger partial charge in [-0.3, -0.25) is 14.7 Å². The first-order valence-electron chi connectivity index (χ1n) is 15.3. The summed E-state index contributed by atoms with van der Waals surface area (Å²) in [6.07, 6.45) is -4.35. The Hall–Kier alpha value is -4.85. The van der Waals surface area contributed by atoms with Crippen LogP contribution in [0.5, 0.6) is 11.6 Å². The molecule has 0 bridgehead atoms. The fourth-order valence-corrected chi connectivity index (χ4v) is 6.85. The summed E-state index contributed by atoms with van der Waals surface area (Å²) in [6, 6.07) is 20.7. The summed E-state index contributed by atoms with van der Waals surface area (Å²) in [6.45, 7) is 4.03. The van der Waals surface area contributed by atoms with Crippen molar-refractivity contribution in [3.63, 3.8) is 0 Å². The van der Waals surface area contributed by atoms with Gasteiger partial charge >= 0.3 is 12.1 Å². The number of hydrogen-bond acceptors (Lipinski definition) is 8. The summed E-state index contributed by atoms with van der Waals surface area (Å²) in [5.74, 6) is -1.80. The Bertz CT molecular complexity index is 1850. The molecule has 10 nitrogen and oxygen atoms in total. The molecule has 254 valence electrons. The standard InChI is InChI=1S/C34H34F3N3O7S/c1-22(2)26-18-25(45-17-11-5-10-16-30(41)46-21-23-12-6-3-7-13-23)19-27-31(26)32(42)40(48(27,43)44)33(24-14-8-4-9-15-24)47-29-20-28(38-39-29)34(35,36)37/h3-4,6-9,12-15,18-20,22,33H,5,10-11,16-17,21H2,1-2H3,(H,38,39). The van der Waals surface area contributed by atoms with E-state index >= 15 is 0 Å². The van der Waals surface area contributed by atoms with Crippen molar-refractivity contribution in [2.45, 2.75) is 69.4 Å². The van der Waals surface area contributed by atoms with Gasteiger partial charge in [-0.15, -0.1) is 5.10 Å². The highest BCUT2D eigenvalue weighted by molar-refractivity contribution is 7.90. The van der Waals surface area contributed by atoms with E-state index in [1.54, 1.807) is 38.1 Å². The molecule has 1 aromatic heterocycles. The van der Waals surface area contributed by atoms with E-state index in [0.29, 0.717) is 35.2 Å². The van der Waals surface area contributed by atoms with Crippen molar-refractivity contribution in [2.75, 3.05) is 6.61 Å². The molecule has 0 radical (unpaired) electrons. The fourth-order valence-electron chi connectivity index (χ4n) is 5.18. The van der Waals surface area contributed by atoms with Crippen LogP contribution in [0.2, 0.25) is 0 Å². The number of nitrogens with zero attached hydrogens (tertiary/aromatic N) is 2. The van der Waals surface area contributed by atoms with Crippen molar-refractivity contribution >= 4 is 21.9 Å². The molecule has 0 saturated heterocycles. The van der Waals surface area contributed by atoms with Gasteiger partial charge in [0.2, 0.25) is 12.1 Å². The van der Waals surface area contributed by atoms with Crippen LogP contribution in [0.3, 0.4) is 0 Å². The van der Waals surface area contributed by atoms with Gasteiger partial charge in [0.1, 0.15) is 22.9 Å². The number of nitrogens with one attached hydrogen (secondary N) is 1. The molecule has 14 heteroatoms. The molecule has 0 saturated carbocycles. The number of amides is 1. The number of halogens is 3. The van der Waals surface area contributed by atoms with Crippen LogP contribution in [-0.2, 0) is 32.3 Å². The molecule has 0 spiro atoms. The predicted octanol–water partition coefficient (Wildman–Crippen LogP) is 7.16. The molecule has 48 heavy (non-hydrogen) atoms. The second-order valence-corrected chi connectivity index (χ2v) is 13.2. The lowest BCUT2D eigenvalue weighted by Crippen LogP contribution is -2.37. The van der Waals surface area contributed by atoms with E-state index in [4.69, 9.17) is 14.2 Å². The number of aromatic amines is 1. The molecule has 5 rings (SSSR count). The SMILES string of the molecule is CC(C)c1cc(OCCCCCC(=O)OCc2ccccc2)cc2c1C(=O)N(C(Oc1cc(C(F)(F)F)[nH]n1)c1ccccc1)S2(=O)=O. The first-order chi connectivity index (χ1) is 22.9. The maximum absolute atomic E-state index is 14.0. The number of ether oxygens (including phenoxy) is 3. The molecule has 2 heterocycles. The average Bonchev–Trinajstić information content (AvgIpc) is 3.61. The molecule has 3 aromatic carbocycles. The molecule has 1 atom stereocenters. The molecule has 4 aromatic rings. The topological polar surface area (TPSA) is 128 Å². The Morgan fingerprint density at radius 1 is 0.958 bits per heavy atom. The maximum Gasteiger partial charge on any atom is 0.432 e. The largest absolute Gasteiger partial charge is 0.494 e. The van der Waals surface area contributed by atoms with Crippen LogP contribution < -0.4 is 9.47 Å². The monoisotopic (exact) mass is 685 g/mol. The van der Waals surface area contributed by atoms with E-state index < -0.39 is 39.9 Å². The number of carbonyl (C=O) groups excluding carboxylic acids is 2. The second-order valence-electron chi connectivity index (χ2n) is 11.5.